The molecule has 0 aliphatic carbocycles. The quantitative estimate of drug-likeness (QED) is 0.871. The highest BCUT2D eigenvalue weighted by molar-refractivity contribution is 5.84. The Kier molecular flexibility index (Phi) is 3.44. The number of nitrogens with zero attached hydrogens (tertiary/aromatic N) is 1. The smallest absolute Gasteiger partial charge is 0.415 e. The number of rotatable bonds is 2. The summed E-state index contributed by atoms with van der Waals surface area (Å²) >= 11 is 0. The second-order valence-corrected chi connectivity index (χ2v) is 5.11. The normalized spacial score (nSPS) is 11.6. The molecule has 102 valence electrons. The second kappa shape index (κ2) is 4.89. The van der Waals surface area contributed by atoms with Gasteiger partial charge in [-0.2, -0.15) is 4.98 Å². The Morgan fingerprint density at radius 3 is 2.84 bits per heavy atom. The zero-order valence-electron chi connectivity index (χ0n) is 11.1. The van der Waals surface area contributed by atoms with Crippen LogP contribution in [0.3, 0.4) is 0 Å². The van der Waals surface area contributed by atoms with E-state index in [-0.39, 0.29) is 12.6 Å². The number of carbonyl (C=O) groups excluding carboxylic acids is 1. The van der Waals surface area contributed by atoms with Gasteiger partial charge in [0.2, 0.25) is 0 Å². The Bertz CT molecular complexity index is 598. The second-order valence-electron chi connectivity index (χ2n) is 5.11. The van der Waals surface area contributed by atoms with Crippen LogP contribution in [0.5, 0.6) is 0 Å². The number of anilines is 1. The maximum atomic E-state index is 11.6. The number of carbonyl (C=O) groups is 1. The van der Waals surface area contributed by atoms with E-state index in [1.807, 2.05) is 0 Å². The van der Waals surface area contributed by atoms with E-state index in [1.54, 1.807) is 39.0 Å². The van der Waals surface area contributed by atoms with E-state index < -0.39 is 11.7 Å². The number of aliphatic hydroxyl groups excluding tert-OH is 1. The van der Waals surface area contributed by atoms with E-state index in [2.05, 4.69) is 10.3 Å². The molecular weight excluding hydrogens is 248 g/mol. The molecule has 0 fully saturated rings. The van der Waals surface area contributed by atoms with Crippen LogP contribution < -0.4 is 5.32 Å². The van der Waals surface area contributed by atoms with E-state index in [0.29, 0.717) is 16.7 Å². The van der Waals surface area contributed by atoms with Crippen LogP contribution in [0, 0.1) is 0 Å². The summed E-state index contributed by atoms with van der Waals surface area (Å²) in [5.74, 6) is 0. The number of aliphatic hydroxyl groups is 1. The number of amides is 1. The fourth-order valence-corrected chi connectivity index (χ4v) is 1.51. The van der Waals surface area contributed by atoms with Crippen LogP contribution in [0.15, 0.2) is 22.6 Å². The van der Waals surface area contributed by atoms with Crippen molar-refractivity contribution in [2.45, 2.75) is 33.0 Å². The molecule has 19 heavy (non-hydrogen) atoms. The third-order valence-electron chi connectivity index (χ3n) is 2.24. The summed E-state index contributed by atoms with van der Waals surface area (Å²) in [7, 11) is 0. The van der Waals surface area contributed by atoms with Crippen LogP contribution in [-0.2, 0) is 11.3 Å². The Labute approximate surface area is 110 Å². The molecule has 1 aromatic heterocycles. The molecule has 2 N–H and O–H groups in total. The van der Waals surface area contributed by atoms with Crippen molar-refractivity contribution in [3.05, 3.63) is 23.8 Å². The van der Waals surface area contributed by atoms with E-state index in [1.165, 1.54) is 0 Å². The molecule has 0 saturated heterocycles. The Morgan fingerprint density at radius 2 is 2.21 bits per heavy atom. The Morgan fingerprint density at radius 1 is 1.47 bits per heavy atom. The van der Waals surface area contributed by atoms with Gasteiger partial charge in [0.05, 0.1) is 6.61 Å². The summed E-state index contributed by atoms with van der Waals surface area (Å²) in [5, 5.41) is 11.4. The lowest BCUT2D eigenvalue weighted by Gasteiger charge is -2.18. The largest absolute Gasteiger partial charge is 0.443 e. The molecule has 6 nitrogen and oxygen atoms in total. The predicted octanol–water partition coefficient (Wildman–Crippen LogP) is 2.67. The van der Waals surface area contributed by atoms with Crippen LogP contribution in [0.1, 0.15) is 26.3 Å². The molecular formula is C13H16N2O4. The summed E-state index contributed by atoms with van der Waals surface area (Å²) in [4.78, 5) is 15.7. The standard InChI is InChI=1S/C13H16N2O4/c1-13(2,3)19-12(17)15-11-14-9-5-4-8(7-16)6-10(9)18-11/h4-6,16H,7H2,1-3H3,(H,14,15,17). The van der Waals surface area contributed by atoms with E-state index in [4.69, 9.17) is 14.3 Å². The minimum atomic E-state index is -0.624. The highest BCUT2D eigenvalue weighted by Gasteiger charge is 2.18. The first kappa shape index (κ1) is 13.4. The maximum absolute atomic E-state index is 11.6. The van der Waals surface area contributed by atoms with Gasteiger partial charge in [-0.3, -0.25) is 0 Å². The van der Waals surface area contributed by atoms with Gasteiger partial charge in [-0.05, 0) is 38.5 Å². The molecule has 0 spiro atoms. The molecule has 0 aliphatic heterocycles. The number of nitrogens with one attached hydrogen (secondary N) is 1. The number of hydrogen-bond acceptors (Lipinski definition) is 5. The van der Waals surface area contributed by atoms with Gasteiger partial charge in [-0.15, -0.1) is 0 Å². The fourth-order valence-electron chi connectivity index (χ4n) is 1.51. The lowest BCUT2D eigenvalue weighted by atomic mass is 10.2. The fraction of sp³-hybridized carbons (Fsp3) is 0.385. The van der Waals surface area contributed by atoms with Crippen molar-refractivity contribution >= 4 is 23.2 Å². The van der Waals surface area contributed by atoms with Gasteiger partial charge in [0.1, 0.15) is 11.1 Å². The van der Waals surface area contributed by atoms with E-state index in [0.717, 1.165) is 0 Å². The number of oxazole rings is 1. The number of aromatic nitrogens is 1. The van der Waals surface area contributed by atoms with Crippen LogP contribution in [-0.4, -0.2) is 21.8 Å². The summed E-state index contributed by atoms with van der Waals surface area (Å²) < 4.78 is 10.5. The molecule has 0 unspecified atom stereocenters. The van der Waals surface area contributed by atoms with Gasteiger partial charge in [0, 0.05) is 0 Å². The van der Waals surface area contributed by atoms with Gasteiger partial charge < -0.3 is 14.3 Å². The highest BCUT2D eigenvalue weighted by Crippen LogP contribution is 2.20. The molecule has 2 rings (SSSR count). The van der Waals surface area contributed by atoms with Gasteiger partial charge in [0.25, 0.3) is 0 Å². The summed E-state index contributed by atoms with van der Waals surface area (Å²) in [6.07, 6.45) is -0.624. The topological polar surface area (TPSA) is 84.6 Å². The zero-order valence-corrected chi connectivity index (χ0v) is 11.1. The molecule has 0 radical (unpaired) electrons. The SMILES string of the molecule is CC(C)(C)OC(=O)Nc1nc2ccc(CO)cc2o1. The maximum Gasteiger partial charge on any atom is 0.415 e. The molecule has 0 atom stereocenters. The molecule has 2 aromatic rings. The predicted molar refractivity (Wildman–Crippen MR) is 69.8 cm³/mol. The van der Waals surface area contributed by atoms with Crippen molar-refractivity contribution in [2.24, 2.45) is 0 Å². The average Bonchev–Trinajstić information content (AvgIpc) is 2.66. The van der Waals surface area contributed by atoms with E-state index >= 15 is 0 Å². The number of hydrogen-bond donors (Lipinski definition) is 2. The lowest BCUT2D eigenvalue weighted by molar-refractivity contribution is 0.0632. The molecule has 0 aliphatic rings. The van der Waals surface area contributed by atoms with Gasteiger partial charge in [-0.25, -0.2) is 10.1 Å². The van der Waals surface area contributed by atoms with Gasteiger partial charge >= 0.3 is 12.1 Å². The molecule has 1 aromatic carbocycles. The number of benzene rings is 1. The van der Waals surface area contributed by atoms with Crippen LogP contribution in [0.25, 0.3) is 11.1 Å². The average molecular weight is 264 g/mol. The highest BCUT2D eigenvalue weighted by atomic mass is 16.6. The van der Waals surface area contributed by atoms with Crippen LogP contribution >= 0.6 is 0 Å². The molecule has 0 saturated carbocycles. The minimum absolute atomic E-state index is 0.0688. The lowest BCUT2D eigenvalue weighted by Crippen LogP contribution is -2.27. The van der Waals surface area contributed by atoms with E-state index in [9.17, 15) is 4.79 Å². The Hall–Kier alpha value is -2.08. The first-order valence-corrected chi connectivity index (χ1v) is 5.88. The van der Waals surface area contributed by atoms with Crippen molar-refractivity contribution in [1.29, 1.82) is 0 Å². The van der Waals surface area contributed by atoms with Gasteiger partial charge in [-0.1, -0.05) is 6.07 Å². The first-order chi connectivity index (χ1) is 8.87. The van der Waals surface area contributed by atoms with Crippen molar-refractivity contribution in [1.82, 2.24) is 4.98 Å². The number of fused-ring (bicyclic) bond motifs is 1. The monoisotopic (exact) mass is 264 g/mol. The minimum Gasteiger partial charge on any atom is -0.443 e. The first-order valence-electron chi connectivity index (χ1n) is 5.88. The third-order valence-corrected chi connectivity index (χ3v) is 2.24. The van der Waals surface area contributed by atoms with Crippen molar-refractivity contribution in [3.63, 3.8) is 0 Å². The molecule has 0 bridgehead atoms. The number of ether oxygens (including phenoxy) is 1. The van der Waals surface area contributed by atoms with Crippen molar-refractivity contribution < 1.29 is 19.1 Å². The van der Waals surface area contributed by atoms with Crippen molar-refractivity contribution in [2.75, 3.05) is 5.32 Å². The van der Waals surface area contributed by atoms with Crippen LogP contribution in [0.4, 0.5) is 10.8 Å². The van der Waals surface area contributed by atoms with Gasteiger partial charge in [0.15, 0.2) is 5.58 Å². The van der Waals surface area contributed by atoms with Crippen LogP contribution in [0.2, 0.25) is 0 Å². The Balaban J connectivity index is 2.15. The summed E-state index contributed by atoms with van der Waals surface area (Å²) in [5.41, 5.74) is 1.23. The van der Waals surface area contributed by atoms with Crippen molar-refractivity contribution in [3.8, 4) is 0 Å². The molecule has 1 amide bonds. The summed E-state index contributed by atoms with van der Waals surface area (Å²) in [6.45, 7) is 5.23. The summed E-state index contributed by atoms with van der Waals surface area (Å²) in [6, 6.07) is 5.19. The molecule has 6 heteroatoms. The zero-order chi connectivity index (χ0) is 14.0. The molecule has 1 heterocycles. The third kappa shape index (κ3) is 3.45.